The molecule has 1 heterocycles. The summed E-state index contributed by atoms with van der Waals surface area (Å²) in [5.74, 6) is 0. The van der Waals surface area contributed by atoms with Gasteiger partial charge in [-0.25, -0.2) is 4.98 Å². The Bertz CT molecular complexity index is 136. The summed E-state index contributed by atoms with van der Waals surface area (Å²) >= 11 is 0. The molecule has 1 aromatic heterocycles. The lowest BCUT2D eigenvalue weighted by molar-refractivity contribution is 0.181. The number of ether oxygens (including phenoxy) is 1. The van der Waals surface area contributed by atoms with Gasteiger partial charge in [0.1, 0.15) is 12.0 Å². The van der Waals surface area contributed by atoms with Crippen molar-refractivity contribution in [1.82, 2.24) is 4.98 Å². The molecule has 0 aliphatic rings. The zero-order valence-electron chi connectivity index (χ0n) is 4.63. The predicted octanol–water partition coefficient (Wildman–Crippen LogP) is 0.821. The van der Waals surface area contributed by atoms with Crippen LogP contribution in [0.25, 0.3) is 0 Å². The van der Waals surface area contributed by atoms with Crippen LogP contribution in [0, 0.1) is 0 Å². The zero-order chi connectivity index (χ0) is 5.82. The molecule has 8 heavy (non-hydrogen) atoms. The predicted molar refractivity (Wildman–Crippen MR) is 27.2 cm³/mol. The van der Waals surface area contributed by atoms with Crippen LogP contribution < -0.4 is 0 Å². The Morgan fingerprint density at radius 1 is 1.88 bits per heavy atom. The van der Waals surface area contributed by atoms with Gasteiger partial charge in [0, 0.05) is 7.11 Å². The first kappa shape index (κ1) is 5.31. The maximum absolute atomic E-state index is 4.76. The first-order valence-electron chi connectivity index (χ1n) is 2.29. The van der Waals surface area contributed by atoms with Crippen molar-refractivity contribution in [3.63, 3.8) is 0 Å². The molecule has 0 atom stereocenters. The molecule has 0 spiro atoms. The minimum atomic E-state index is 0.524. The standard InChI is InChI=1S/C5H7NO2/c1-7-2-5-3-8-4-6-5/h3-4H,2H2,1H3. The van der Waals surface area contributed by atoms with Crippen LogP contribution in [0.4, 0.5) is 0 Å². The van der Waals surface area contributed by atoms with E-state index < -0.39 is 0 Å². The highest BCUT2D eigenvalue weighted by molar-refractivity contribution is 4.86. The van der Waals surface area contributed by atoms with Crippen LogP contribution in [0.2, 0.25) is 0 Å². The first-order valence-corrected chi connectivity index (χ1v) is 2.29. The van der Waals surface area contributed by atoms with Crippen molar-refractivity contribution >= 4 is 0 Å². The van der Waals surface area contributed by atoms with Gasteiger partial charge in [-0.1, -0.05) is 0 Å². The molecule has 1 aromatic rings. The third-order valence-electron chi connectivity index (χ3n) is 0.776. The van der Waals surface area contributed by atoms with Gasteiger partial charge in [0.2, 0.25) is 0 Å². The van der Waals surface area contributed by atoms with Gasteiger partial charge in [0.25, 0.3) is 0 Å². The topological polar surface area (TPSA) is 35.3 Å². The molecule has 0 aromatic carbocycles. The van der Waals surface area contributed by atoms with E-state index in [-0.39, 0.29) is 0 Å². The minimum absolute atomic E-state index is 0.524. The van der Waals surface area contributed by atoms with Crippen LogP contribution in [-0.2, 0) is 11.3 Å². The average molecular weight is 113 g/mol. The van der Waals surface area contributed by atoms with Gasteiger partial charge in [0.05, 0.1) is 6.61 Å². The number of nitrogens with zero attached hydrogens (tertiary/aromatic N) is 1. The smallest absolute Gasteiger partial charge is 0.180 e. The summed E-state index contributed by atoms with van der Waals surface area (Å²) in [5, 5.41) is 0. The molecule has 0 bridgehead atoms. The number of aromatic nitrogens is 1. The molecule has 0 aliphatic carbocycles. The molecular weight excluding hydrogens is 106 g/mol. The molecule has 0 N–H and O–H groups in total. The van der Waals surface area contributed by atoms with Gasteiger partial charge >= 0.3 is 0 Å². The van der Waals surface area contributed by atoms with Crippen molar-refractivity contribution in [3.05, 3.63) is 18.4 Å². The van der Waals surface area contributed by atoms with E-state index in [2.05, 4.69) is 9.40 Å². The Balaban J connectivity index is 2.50. The Kier molecular flexibility index (Phi) is 1.64. The van der Waals surface area contributed by atoms with E-state index in [1.807, 2.05) is 0 Å². The second-order valence-electron chi connectivity index (χ2n) is 1.41. The largest absolute Gasteiger partial charge is 0.451 e. The van der Waals surface area contributed by atoms with Gasteiger partial charge in [-0.3, -0.25) is 0 Å². The molecule has 0 saturated heterocycles. The third-order valence-corrected chi connectivity index (χ3v) is 0.776. The Labute approximate surface area is 47.3 Å². The lowest BCUT2D eigenvalue weighted by Crippen LogP contribution is -1.84. The van der Waals surface area contributed by atoms with E-state index in [1.54, 1.807) is 13.4 Å². The monoisotopic (exact) mass is 113 g/mol. The quantitative estimate of drug-likeness (QED) is 0.569. The fourth-order valence-electron chi connectivity index (χ4n) is 0.457. The van der Waals surface area contributed by atoms with Gasteiger partial charge in [-0.2, -0.15) is 0 Å². The summed E-state index contributed by atoms with van der Waals surface area (Å²) in [5.41, 5.74) is 0.826. The summed E-state index contributed by atoms with van der Waals surface area (Å²) in [7, 11) is 1.62. The summed E-state index contributed by atoms with van der Waals surface area (Å²) in [6, 6.07) is 0. The second kappa shape index (κ2) is 2.47. The Morgan fingerprint density at radius 3 is 3.25 bits per heavy atom. The van der Waals surface area contributed by atoms with Crippen molar-refractivity contribution in [2.24, 2.45) is 0 Å². The normalized spacial score (nSPS) is 9.62. The van der Waals surface area contributed by atoms with Gasteiger partial charge < -0.3 is 9.15 Å². The number of hydrogen-bond acceptors (Lipinski definition) is 3. The van der Waals surface area contributed by atoms with Crippen LogP contribution in [0.5, 0.6) is 0 Å². The molecule has 0 unspecified atom stereocenters. The highest BCUT2D eigenvalue weighted by Crippen LogP contribution is 1.93. The van der Waals surface area contributed by atoms with Crippen molar-refractivity contribution < 1.29 is 9.15 Å². The number of rotatable bonds is 2. The van der Waals surface area contributed by atoms with Crippen LogP contribution in [0.15, 0.2) is 17.1 Å². The lowest BCUT2D eigenvalue weighted by atomic mass is 10.5. The van der Waals surface area contributed by atoms with Crippen molar-refractivity contribution in [3.8, 4) is 0 Å². The van der Waals surface area contributed by atoms with E-state index >= 15 is 0 Å². The molecule has 0 aliphatic heterocycles. The summed E-state index contributed by atoms with van der Waals surface area (Å²) in [6.45, 7) is 0.524. The van der Waals surface area contributed by atoms with E-state index in [4.69, 9.17) is 4.74 Å². The second-order valence-corrected chi connectivity index (χ2v) is 1.41. The van der Waals surface area contributed by atoms with E-state index in [9.17, 15) is 0 Å². The summed E-state index contributed by atoms with van der Waals surface area (Å²) in [6.07, 6.45) is 2.94. The maximum atomic E-state index is 4.76. The third kappa shape index (κ3) is 1.07. The fraction of sp³-hybridized carbons (Fsp3) is 0.400. The highest BCUT2D eigenvalue weighted by Gasteiger charge is 1.90. The summed E-state index contributed by atoms with van der Waals surface area (Å²) in [4.78, 5) is 3.81. The summed E-state index contributed by atoms with van der Waals surface area (Å²) < 4.78 is 9.44. The van der Waals surface area contributed by atoms with Gasteiger partial charge in [0.15, 0.2) is 6.39 Å². The van der Waals surface area contributed by atoms with Gasteiger partial charge in [-0.05, 0) is 0 Å². The average Bonchev–Trinajstić information content (AvgIpc) is 2.19. The molecular formula is C5H7NO2. The minimum Gasteiger partial charge on any atom is -0.451 e. The van der Waals surface area contributed by atoms with E-state index in [1.165, 1.54) is 6.39 Å². The Hall–Kier alpha value is -0.830. The fourth-order valence-corrected chi connectivity index (χ4v) is 0.457. The lowest BCUT2D eigenvalue weighted by Gasteiger charge is -1.86. The molecule has 3 heteroatoms. The highest BCUT2D eigenvalue weighted by atomic mass is 16.5. The van der Waals surface area contributed by atoms with Crippen LogP contribution in [-0.4, -0.2) is 12.1 Å². The SMILES string of the molecule is COCc1cocn1. The first-order chi connectivity index (χ1) is 3.93. The molecule has 44 valence electrons. The van der Waals surface area contributed by atoms with Crippen LogP contribution in [0.1, 0.15) is 5.69 Å². The van der Waals surface area contributed by atoms with Crippen molar-refractivity contribution in [2.75, 3.05) is 7.11 Å². The maximum Gasteiger partial charge on any atom is 0.180 e. The van der Waals surface area contributed by atoms with Gasteiger partial charge in [-0.15, -0.1) is 0 Å². The molecule has 0 saturated carbocycles. The molecule has 3 nitrogen and oxygen atoms in total. The molecule has 1 rings (SSSR count). The number of oxazole rings is 1. The van der Waals surface area contributed by atoms with Crippen LogP contribution in [0.3, 0.4) is 0 Å². The molecule has 0 amide bonds. The van der Waals surface area contributed by atoms with Crippen LogP contribution >= 0.6 is 0 Å². The van der Waals surface area contributed by atoms with E-state index in [0.717, 1.165) is 5.69 Å². The van der Waals surface area contributed by atoms with E-state index in [0.29, 0.717) is 6.61 Å². The zero-order valence-corrected chi connectivity index (χ0v) is 4.63. The molecule has 0 fully saturated rings. The number of hydrogen-bond donors (Lipinski definition) is 0. The number of methoxy groups -OCH3 is 1. The molecule has 0 radical (unpaired) electrons. The van der Waals surface area contributed by atoms with Crippen molar-refractivity contribution in [1.29, 1.82) is 0 Å². The van der Waals surface area contributed by atoms with Crippen molar-refractivity contribution in [2.45, 2.75) is 6.61 Å². The Morgan fingerprint density at radius 2 is 2.75 bits per heavy atom.